The third-order valence-electron chi connectivity index (χ3n) is 4.42. The molecule has 3 unspecified atom stereocenters. The minimum absolute atomic E-state index is 0.276. The van der Waals surface area contributed by atoms with Crippen molar-refractivity contribution in [2.24, 2.45) is 11.8 Å². The summed E-state index contributed by atoms with van der Waals surface area (Å²) in [7, 11) is 0. The molecule has 0 saturated heterocycles. The van der Waals surface area contributed by atoms with Crippen molar-refractivity contribution in [2.45, 2.75) is 31.2 Å². The normalized spacial score (nSPS) is 43.7. The number of imidazole rings is 1. The number of nitrogens with one attached hydrogen (secondary N) is 2. The van der Waals surface area contributed by atoms with E-state index in [9.17, 15) is 0 Å². The standard InChI is InChI=1S/C11H15N3/c1-3-11(8-5-7(1)8)10-9(2-4-14-11)12-6-13-10/h6-8,14H,1-5H2,(H,12,13). The van der Waals surface area contributed by atoms with Crippen molar-refractivity contribution in [1.82, 2.24) is 15.3 Å². The lowest BCUT2D eigenvalue weighted by atomic mass is 9.84. The maximum atomic E-state index is 4.55. The van der Waals surface area contributed by atoms with Crippen LogP contribution in [0.4, 0.5) is 0 Å². The topological polar surface area (TPSA) is 40.7 Å². The van der Waals surface area contributed by atoms with Gasteiger partial charge in [0, 0.05) is 18.7 Å². The molecule has 0 aromatic carbocycles. The van der Waals surface area contributed by atoms with Crippen LogP contribution >= 0.6 is 0 Å². The zero-order valence-electron chi connectivity index (χ0n) is 8.21. The van der Waals surface area contributed by atoms with E-state index in [2.05, 4.69) is 15.3 Å². The molecule has 1 aliphatic heterocycles. The Balaban J connectivity index is 1.88. The lowest BCUT2D eigenvalue weighted by molar-refractivity contribution is 0.274. The molecule has 3 atom stereocenters. The van der Waals surface area contributed by atoms with Crippen LogP contribution in [0.25, 0.3) is 0 Å². The zero-order valence-corrected chi connectivity index (χ0v) is 8.21. The second kappa shape index (κ2) is 2.22. The van der Waals surface area contributed by atoms with Gasteiger partial charge in [-0.1, -0.05) is 0 Å². The third kappa shape index (κ3) is 0.716. The van der Waals surface area contributed by atoms with Crippen molar-refractivity contribution >= 4 is 0 Å². The molecule has 2 fully saturated rings. The molecular formula is C11H15N3. The Kier molecular flexibility index (Phi) is 1.18. The number of fused-ring (bicyclic) bond motifs is 4. The van der Waals surface area contributed by atoms with E-state index in [-0.39, 0.29) is 5.54 Å². The Morgan fingerprint density at radius 2 is 2.50 bits per heavy atom. The van der Waals surface area contributed by atoms with Gasteiger partial charge in [-0.05, 0) is 31.1 Å². The Morgan fingerprint density at radius 1 is 1.50 bits per heavy atom. The summed E-state index contributed by atoms with van der Waals surface area (Å²) >= 11 is 0. The molecule has 2 N–H and O–H groups in total. The zero-order chi connectivity index (χ0) is 9.17. The van der Waals surface area contributed by atoms with E-state index in [4.69, 9.17) is 0 Å². The van der Waals surface area contributed by atoms with Crippen LogP contribution in [0.1, 0.15) is 30.7 Å². The van der Waals surface area contributed by atoms with Gasteiger partial charge >= 0.3 is 0 Å². The molecule has 1 aromatic heterocycles. The van der Waals surface area contributed by atoms with E-state index in [0.717, 1.165) is 24.8 Å². The molecule has 1 spiro atoms. The molecule has 0 radical (unpaired) electrons. The van der Waals surface area contributed by atoms with Gasteiger partial charge in [-0.15, -0.1) is 0 Å². The fraction of sp³-hybridized carbons (Fsp3) is 0.727. The Bertz CT molecular complexity index is 384. The van der Waals surface area contributed by atoms with E-state index in [0.29, 0.717) is 0 Å². The first kappa shape index (κ1) is 7.46. The summed E-state index contributed by atoms with van der Waals surface area (Å²) in [6.45, 7) is 1.12. The van der Waals surface area contributed by atoms with Gasteiger partial charge in [0.2, 0.25) is 0 Å². The third-order valence-corrected chi connectivity index (χ3v) is 4.42. The highest BCUT2D eigenvalue weighted by Crippen LogP contribution is 2.62. The minimum atomic E-state index is 0.276. The molecule has 3 nitrogen and oxygen atoms in total. The summed E-state index contributed by atoms with van der Waals surface area (Å²) in [6, 6.07) is 0. The van der Waals surface area contributed by atoms with Crippen molar-refractivity contribution in [3.05, 3.63) is 17.7 Å². The first-order chi connectivity index (χ1) is 6.90. The molecule has 3 aliphatic rings. The van der Waals surface area contributed by atoms with Gasteiger partial charge in [-0.3, -0.25) is 0 Å². The van der Waals surface area contributed by atoms with Crippen LogP contribution in [0.2, 0.25) is 0 Å². The molecule has 4 rings (SSSR count). The van der Waals surface area contributed by atoms with E-state index < -0.39 is 0 Å². The van der Waals surface area contributed by atoms with Gasteiger partial charge in [0.15, 0.2) is 0 Å². The van der Waals surface area contributed by atoms with Crippen LogP contribution in [0.3, 0.4) is 0 Å². The number of aromatic nitrogens is 2. The summed E-state index contributed by atoms with van der Waals surface area (Å²) in [4.78, 5) is 7.85. The smallest absolute Gasteiger partial charge is 0.0926 e. The van der Waals surface area contributed by atoms with Crippen molar-refractivity contribution in [3.8, 4) is 0 Å². The second-order valence-electron chi connectivity index (χ2n) is 5.02. The summed E-state index contributed by atoms with van der Waals surface area (Å²) in [6.07, 6.45) is 7.13. The average molecular weight is 189 g/mol. The minimum Gasteiger partial charge on any atom is -0.348 e. The van der Waals surface area contributed by atoms with Gasteiger partial charge in [0.25, 0.3) is 0 Å². The number of hydrogen-bond acceptors (Lipinski definition) is 2. The lowest BCUT2D eigenvalue weighted by Crippen LogP contribution is -2.47. The van der Waals surface area contributed by atoms with E-state index >= 15 is 0 Å². The largest absolute Gasteiger partial charge is 0.348 e. The Hall–Kier alpha value is -0.830. The SMILES string of the molecule is c1nc2c([nH]1)CCNC21CCC2CC21. The lowest BCUT2D eigenvalue weighted by Gasteiger charge is -2.35. The summed E-state index contributed by atoms with van der Waals surface area (Å²) in [5.41, 5.74) is 3.00. The predicted molar refractivity (Wildman–Crippen MR) is 52.8 cm³/mol. The Labute approximate surface area is 83.3 Å². The van der Waals surface area contributed by atoms with Crippen LogP contribution in [0.15, 0.2) is 6.33 Å². The molecule has 74 valence electrons. The van der Waals surface area contributed by atoms with Crippen LogP contribution in [-0.4, -0.2) is 16.5 Å². The first-order valence-corrected chi connectivity index (χ1v) is 5.68. The molecule has 2 saturated carbocycles. The fourth-order valence-corrected chi connectivity index (χ4v) is 3.67. The van der Waals surface area contributed by atoms with Gasteiger partial charge < -0.3 is 10.3 Å². The highest BCUT2D eigenvalue weighted by molar-refractivity contribution is 5.31. The number of nitrogens with zero attached hydrogens (tertiary/aromatic N) is 1. The van der Waals surface area contributed by atoms with E-state index in [1.54, 1.807) is 0 Å². The van der Waals surface area contributed by atoms with Crippen LogP contribution < -0.4 is 5.32 Å². The van der Waals surface area contributed by atoms with Crippen LogP contribution in [-0.2, 0) is 12.0 Å². The Morgan fingerprint density at radius 3 is 3.29 bits per heavy atom. The highest BCUT2D eigenvalue weighted by Gasteiger charge is 2.60. The number of H-pyrrole nitrogens is 1. The molecule has 2 aliphatic carbocycles. The molecule has 3 heteroatoms. The number of hydrogen-bond donors (Lipinski definition) is 2. The summed E-state index contributed by atoms with van der Waals surface area (Å²) < 4.78 is 0. The molecule has 14 heavy (non-hydrogen) atoms. The first-order valence-electron chi connectivity index (χ1n) is 5.68. The van der Waals surface area contributed by atoms with Crippen LogP contribution in [0, 0.1) is 11.8 Å². The highest BCUT2D eigenvalue weighted by atomic mass is 15.1. The summed E-state index contributed by atoms with van der Waals surface area (Å²) in [5.74, 6) is 1.90. The number of aromatic amines is 1. The van der Waals surface area contributed by atoms with Gasteiger partial charge in [-0.25, -0.2) is 4.98 Å². The van der Waals surface area contributed by atoms with Crippen molar-refractivity contribution in [2.75, 3.05) is 6.54 Å². The molecule has 0 bridgehead atoms. The maximum absolute atomic E-state index is 4.55. The van der Waals surface area contributed by atoms with E-state index in [1.165, 1.54) is 30.7 Å². The predicted octanol–water partition coefficient (Wildman–Crippen LogP) is 1.18. The average Bonchev–Trinajstić information content (AvgIpc) is 2.69. The van der Waals surface area contributed by atoms with E-state index in [1.807, 2.05) is 6.33 Å². The quantitative estimate of drug-likeness (QED) is 0.643. The van der Waals surface area contributed by atoms with Crippen molar-refractivity contribution in [1.29, 1.82) is 0 Å². The van der Waals surface area contributed by atoms with Crippen LogP contribution in [0.5, 0.6) is 0 Å². The second-order valence-corrected chi connectivity index (χ2v) is 5.02. The van der Waals surface area contributed by atoms with Crippen molar-refractivity contribution < 1.29 is 0 Å². The summed E-state index contributed by atoms with van der Waals surface area (Å²) in [5, 5.41) is 3.75. The van der Waals surface area contributed by atoms with Gasteiger partial charge in [-0.2, -0.15) is 0 Å². The molecular weight excluding hydrogens is 174 g/mol. The molecule has 2 heterocycles. The number of rotatable bonds is 0. The molecule has 1 aromatic rings. The van der Waals surface area contributed by atoms with Gasteiger partial charge in [0.1, 0.15) is 0 Å². The monoisotopic (exact) mass is 189 g/mol. The maximum Gasteiger partial charge on any atom is 0.0926 e. The molecule has 0 amide bonds. The van der Waals surface area contributed by atoms with Crippen molar-refractivity contribution in [3.63, 3.8) is 0 Å². The fourth-order valence-electron chi connectivity index (χ4n) is 3.67. The van der Waals surface area contributed by atoms with Gasteiger partial charge in [0.05, 0.1) is 17.6 Å².